The van der Waals surface area contributed by atoms with Crippen LogP contribution in [-0.4, -0.2) is 49.7 Å². The second-order valence-corrected chi connectivity index (χ2v) is 0.931. The molecule has 0 amide bonds. The summed E-state index contributed by atoms with van der Waals surface area (Å²) in [6.45, 7) is 7.95. The van der Waals surface area contributed by atoms with E-state index in [2.05, 4.69) is 13.8 Å². The molecule has 0 aromatic heterocycles. The molecule has 0 aromatic carbocycles. The van der Waals surface area contributed by atoms with E-state index in [1.807, 2.05) is 0 Å². The fraction of sp³-hybridized carbons (Fsp3) is 0.750. The van der Waals surface area contributed by atoms with Crippen LogP contribution in [0, 0.1) is 13.8 Å². The molecule has 0 unspecified atom stereocenters. The van der Waals surface area contributed by atoms with E-state index >= 15 is 0 Å². The van der Waals surface area contributed by atoms with Gasteiger partial charge in [0.2, 0.25) is 0 Å². The third-order valence-corrected chi connectivity index (χ3v) is 0.204. The van der Waals surface area contributed by atoms with E-state index in [0.29, 0.717) is 13.1 Å². The molecule has 0 radical (unpaired) electrons. The van der Waals surface area contributed by atoms with E-state index in [4.69, 9.17) is 26.8 Å². The zero-order valence-corrected chi connectivity index (χ0v) is 11.1. The molecule has 90 valence electrons. The van der Waals surface area contributed by atoms with Gasteiger partial charge in [-0.15, -0.1) is 6.54 Å². The van der Waals surface area contributed by atoms with Crippen molar-refractivity contribution in [3.63, 3.8) is 0 Å². The average molecular weight is 246 g/mol. The SMILES string of the molecule is CO.CO.CO.[CH2-]CCN.[CH2-]CN.[Ti+2]. The fourth-order valence-electron chi connectivity index (χ4n) is 0. The first-order valence-electron chi connectivity index (χ1n) is 3.66. The van der Waals surface area contributed by atoms with Crippen molar-refractivity contribution in [1.82, 2.24) is 0 Å². The predicted molar refractivity (Wildman–Crippen MR) is 57.9 cm³/mol. The van der Waals surface area contributed by atoms with Crippen LogP contribution in [0.2, 0.25) is 0 Å². The molecule has 0 aliphatic rings. The maximum Gasteiger partial charge on any atom is 2.00 e. The molecule has 6 heteroatoms. The second kappa shape index (κ2) is 171. The largest absolute Gasteiger partial charge is 2.00 e. The Morgan fingerprint density at radius 1 is 0.857 bits per heavy atom. The van der Waals surface area contributed by atoms with Crippen LogP contribution < -0.4 is 11.5 Å². The van der Waals surface area contributed by atoms with Crippen LogP contribution in [-0.2, 0) is 21.7 Å². The summed E-state index contributed by atoms with van der Waals surface area (Å²) in [7, 11) is 3.00. The molecular formula is C8H26N2O3Ti. The standard InChI is InChI=1S/C3H8N.C2H6N.3CH4O.Ti/c1-2-3-4;1-2-3;3*1-2;/h1-4H2;1-3H2;3*2H,1H3;/q2*-1;;;;+2. The quantitative estimate of drug-likeness (QED) is 0.294. The first-order chi connectivity index (χ1) is 6.33. The molecule has 0 bridgehead atoms. The van der Waals surface area contributed by atoms with Crippen LogP contribution in [0.25, 0.3) is 0 Å². The Hall–Kier alpha value is 0.514. The van der Waals surface area contributed by atoms with Crippen molar-refractivity contribution in [2.24, 2.45) is 11.5 Å². The number of rotatable bonds is 1. The zero-order chi connectivity index (χ0) is 12.1. The predicted octanol–water partition coefficient (Wildman–Crippen LogP) is -1.23. The second-order valence-electron chi connectivity index (χ2n) is 0.931. The van der Waals surface area contributed by atoms with Crippen molar-refractivity contribution in [1.29, 1.82) is 0 Å². The summed E-state index contributed by atoms with van der Waals surface area (Å²) in [6, 6.07) is 0. The van der Waals surface area contributed by atoms with Crippen molar-refractivity contribution in [3.05, 3.63) is 13.8 Å². The number of aliphatic hydroxyl groups excluding tert-OH is 3. The summed E-state index contributed by atoms with van der Waals surface area (Å²) in [6.07, 6.45) is 0.847. The van der Waals surface area contributed by atoms with Crippen LogP contribution in [0.4, 0.5) is 0 Å². The number of hydrogen-bond donors (Lipinski definition) is 5. The van der Waals surface area contributed by atoms with Gasteiger partial charge in [0.1, 0.15) is 0 Å². The first-order valence-corrected chi connectivity index (χ1v) is 3.66. The Bertz CT molecular complexity index is 30.1. The van der Waals surface area contributed by atoms with Gasteiger partial charge in [-0.2, -0.15) is 6.42 Å². The minimum atomic E-state index is 0. The van der Waals surface area contributed by atoms with Gasteiger partial charge in [-0.25, -0.2) is 0 Å². The monoisotopic (exact) mass is 246 g/mol. The molecule has 0 atom stereocenters. The molecule has 0 aromatic rings. The van der Waals surface area contributed by atoms with Gasteiger partial charge in [0.05, 0.1) is 0 Å². The van der Waals surface area contributed by atoms with Gasteiger partial charge in [-0.05, 0) is 6.54 Å². The fourth-order valence-corrected chi connectivity index (χ4v) is 0. The summed E-state index contributed by atoms with van der Waals surface area (Å²) in [5.74, 6) is 0. The van der Waals surface area contributed by atoms with Crippen molar-refractivity contribution >= 4 is 0 Å². The molecule has 0 aliphatic carbocycles. The average Bonchev–Trinajstić information content (AvgIpc) is 2.27. The van der Waals surface area contributed by atoms with Crippen molar-refractivity contribution < 1.29 is 37.0 Å². The molecule has 0 spiro atoms. The molecule has 14 heavy (non-hydrogen) atoms. The Kier molecular flexibility index (Phi) is 448. The van der Waals surface area contributed by atoms with Gasteiger partial charge in [0.25, 0.3) is 0 Å². The minimum absolute atomic E-state index is 0. The van der Waals surface area contributed by atoms with Gasteiger partial charge in [-0.3, -0.25) is 0 Å². The third kappa shape index (κ3) is 724. The summed E-state index contributed by atoms with van der Waals surface area (Å²) < 4.78 is 0. The number of nitrogens with two attached hydrogens (primary N) is 2. The Balaban J connectivity index is -0.0000000146. The molecular weight excluding hydrogens is 220 g/mol. The van der Waals surface area contributed by atoms with Crippen LogP contribution in [0.3, 0.4) is 0 Å². The normalized spacial score (nSPS) is 4.71. The van der Waals surface area contributed by atoms with Crippen molar-refractivity contribution in [2.75, 3.05) is 34.4 Å². The van der Waals surface area contributed by atoms with Crippen LogP contribution in [0.1, 0.15) is 6.42 Å². The van der Waals surface area contributed by atoms with Crippen molar-refractivity contribution in [2.45, 2.75) is 6.42 Å². The van der Waals surface area contributed by atoms with Gasteiger partial charge in [0.15, 0.2) is 0 Å². The van der Waals surface area contributed by atoms with E-state index in [1.54, 1.807) is 0 Å². The minimum Gasteiger partial charge on any atom is -0.400 e. The third-order valence-electron chi connectivity index (χ3n) is 0.204. The van der Waals surface area contributed by atoms with Crippen molar-refractivity contribution in [3.8, 4) is 0 Å². The summed E-state index contributed by atoms with van der Waals surface area (Å²) in [4.78, 5) is 0. The molecule has 0 heterocycles. The van der Waals surface area contributed by atoms with E-state index in [0.717, 1.165) is 27.8 Å². The Morgan fingerprint density at radius 3 is 0.929 bits per heavy atom. The maximum atomic E-state index is 7.00. The Morgan fingerprint density at radius 2 is 0.929 bits per heavy atom. The number of hydrogen-bond acceptors (Lipinski definition) is 5. The summed E-state index contributed by atoms with van der Waals surface area (Å²) in [5, 5.41) is 21.0. The van der Waals surface area contributed by atoms with E-state index < -0.39 is 0 Å². The zero-order valence-electron chi connectivity index (χ0n) is 9.53. The van der Waals surface area contributed by atoms with Gasteiger partial charge in [-0.1, -0.05) is 0 Å². The van der Waals surface area contributed by atoms with Gasteiger partial charge >= 0.3 is 21.7 Å². The van der Waals surface area contributed by atoms with E-state index in [9.17, 15) is 0 Å². The van der Waals surface area contributed by atoms with E-state index in [1.165, 1.54) is 0 Å². The molecule has 7 N–H and O–H groups in total. The van der Waals surface area contributed by atoms with Gasteiger partial charge in [0, 0.05) is 21.3 Å². The summed E-state index contributed by atoms with van der Waals surface area (Å²) in [5.41, 5.74) is 9.70. The smallest absolute Gasteiger partial charge is 0.400 e. The van der Waals surface area contributed by atoms with E-state index in [-0.39, 0.29) is 21.7 Å². The molecule has 0 aliphatic heterocycles. The summed E-state index contributed by atoms with van der Waals surface area (Å²) >= 11 is 0. The molecule has 5 nitrogen and oxygen atoms in total. The van der Waals surface area contributed by atoms with Crippen LogP contribution >= 0.6 is 0 Å². The van der Waals surface area contributed by atoms with Crippen LogP contribution in [0.15, 0.2) is 0 Å². The molecule has 0 saturated carbocycles. The van der Waals surface area contributed by atoms with Gasteiger partial charge < -0.3 is 40.6 Å². The maximum absolute atomic E-state index is 7.00. The molecule has 0 fully saturated rings. The first kappa shape index (κ1) is 36.6. The number of aliphatic hydroxyl groups is 3. The molecule has 0 saturated heterocycles. The Labute approximate surface area is 103 Å². The van der Waals surface area contributed by atoms with Crippen LogP contribution in [0.5, 0.6) is 0 Å². The molecule has 0 rings (SSSR count). The topological polar surface area (TPSA) is 113 Å².